The Morgan fingerprint density at radius 3 is 2.75 bits per heavy atom. The van der Waals surface area contributed by atoms with Crippen LogP contribution in [0.4, 0.5) is 11.4 Å². The molecule has 0 bridgehead atoms. The van der Waals surface area contributed by atoms with Crippen molar-refractivity contribution in [1.82, 2.24) is 4.90 Å². The highest BCUT2D eigenvalue weighted by Gasteiger charge is 2.18. The zero-order valence-electron chi connectivity index (χ0n) is 12.0. The number of nitro benzene ring substituents is 1. The van der Waals surface area contributed by atoms with Gasteiger partial charge in [0.15, 0.2) is 0 Å². The molecule has 1 aliphatic heterocycles. The van der Waals surface area contributed by atoms with E-state index < -0.39 is 0 Å². The van der Waals surface area contributed by atoms with E-state index in [-0.39, 0.29) is 10.6 Å². The van der Waals surface area contributed by atoms with Gasteiger partial charge < -0.3 is 15.0 Å². The second-order valence-electron chi connectivity index (χ2n) is 5.25. The summed E-state index contributed by atoms with van der Waals surface area (Å²) in [6, 6.07) is 5.32. The molecule has 1 fully saturated rings. The Kier molecular flexibility index (Phi) is 4.92. The summed E-state index contributed by atoms with van der Waals surface area (Å²) in [5.74, 6) is 0. The molecule has 0 amide bonds. The monoisotopic (exact) mass is 279 g/mol. The average molecular weight is 279 g/mol. The Morgan fingerprint density at radius 2 is 2.15 bits per heavy atom. The third-order valence-electron chi connectivity index (χ3n) is 3.68. The van der Waals surface area contributed by atoms with E-state index >= 15 is 0 Å². The Morgan fingerprint density at radius 1 is 1.45 bits per heavy atom. The maximum Gasteiger partial charge on any atom is 0.269 e. The number of nitro groups is 1. The summed E-state index contributed by atoms with van der Waals surface area (Å²) in [4.78, 5) is 12.8. The molecule has 1 aliphatic rings. The smallest absolute Gasteiger partial charge is 0.269 e. The predicted octanol–water partition coefficient (Wildman–Crippen LogP) is 2.25. The van der Waals surface area contributed by atoms with Crippen LogP contribution in [-0.4, -0.2) is 43.1 Å². The lowest BCUT2D eigenvalue weighted by Gasteiger charge is -2.30. The molecule has 0 atom stereocenters. The maximum atomic E-state index is 10.8. The Bertz CT molecular complexity index is 471. The number of non-ortho nitro benzene ring substituents is 1. The second kappa shape index (κ2) is 6.67. The molecule has 0 spiro atoms. The molecule has 1 aromatic carbocycles. The van der Waals surface area contributed by atoms with Crippen LogP contribution in [0.2, 0.25) is 0 Å². The summed E-state index contributed by atoms with van der Waals surface area (Å²) in [5, 5.41) is 14.3. The molecule has 0 radical (unpaired) electrons. The zero-order chi connectivity index (χ0) is 14.5. The molecule has 0 saturated carbocycles. The van der Waals surface area contributed by atoms with E-state index in [4.69, 9.17) is 4.74 Å². The van der Waals surface area contributed by atoms with E-state index in [0.29, 0.717) is 12.6 Å². The van der Waals surface area contributed by atoms with Crippen LogP contribution in [0.25, 0.3) is 0 Å². The topological polar surface area (TPSA) is 67.6 Å². The zero-order valence-corrected chi connectivity index (χ0v) is 12.0. The summed E-state index contributed by atoms with van der Waals surface area (Å²) in [6.07, 6.45) is 2.17. The van der Waals surface area contributed by atoms with Crippen molar-refractivity contribution in [3.8, 4) is 0 Å². The number of ether oxygens (including phenoxy) is 1. The van der Waals surface area contributed by atoms with E-state index in [9.17, 15) is 10.1 Å². The van der Waals surface area contributed by atoms with E-state index in [0.717, 1.165) is 37.2 Å². The lowest BCUT2D eigenvalue weighted by molar-refractivity contribution is -0.384. The normalized spacial score (nSPS) is 17.1. The first kappa shape index (κ1) is 14.7. The van der Waals surface area contributed by atoms with Gasteiger partial charge in [-0.05, 0) is 39.0 Å². The lowest BCUT2D eigenvalue weighted by atomic mass is 10.0. The van der Waals surface area contributed by atoms with Crippen LogP contribution in [0.1, 0.15) is 18.4 Å². The molecule has 0 aliphatic carbocycles. The van der Waals surface area contributed by atoms with E-state index in [2.05, 4.69) is 17.3 Å². The molecule has 6 heteroatoms. The average Bonchev–Trinajstić information content (AvgIpc) is 2.43. The van der Waals surface area contributed by atoms with Crippen LogP contribution in [0, 0.1) is 10.1 Å². The first-order valence-corrected chi connectivity index (χ1v) is 6.81. The number of methoxy groups -OCH3 is 1. The van der Waals surface area contributed by atoms with Gasteiger partial charge in [-0.25, -0.2) is 0 Å². The third-order valence-corrected chi connectivity index (χ3v) is 3.68. The van der Waals surface area contributed by atoms with Gasteiger partial charge in [0.1, 0.15) is 0 Å². The van der Waals surface area contributed by atoms with Crippen LogP contribution in [0.3, 0.4) is 0 Å². The van der Waals surface area contributed by atoms with Crippen molar-refractivity contribution in [3.05, 3.63) is 33.9 Å². The Hall–Kier alpha value is -1.66. The highest BCUT2D eigenvalue weighted by molar-refractivity contribution is 5.56. The number of benzene rings is 1. The Balaban J connectivity index is 2.11. The van der Waals surface area contributed by atoms with Crippen molar-refractivity contribution >= 4 is 11.4 Å². The summed E-state index contributed by atoms with van der Waals surface area (Å²) >= 11 is 0. The molecule has 6 nitrogen and oxygen atoms in total. The SMILES string of the molecule is COCc1cc([N+](=O)[O-])ccc1NC1CCN(C)CC1. The van der Waals surface area contributed by atoms with Gasteiger partial charge in [-0.1, -0.05) is 0 Å². The molecule has 110 valence electrons. The van der Waals surface area contributed by atoms with Gasteiger partial charge in [-0.15, -0.1) is 0 Å². The van der Waals surface area contributed by atoms with E-state index in [1.807, 2.05) is 0 Å². The molecule has 1 N–H and O–H groups in total. The number of nitrogens with zero attached hydrogens (tertiary/aromatic N) is 2. The van der Waals surface area contributed by atoms with Crippen molar-refractivity contribution in [1.29, 1.82) is 0 Å². The van der Waals surface area contributed by atoms with Crippen LogP contribution < -0.4 is 5.32 Å². The highest BCUT2D eigenvalue weighted by Crippen LogP contribution is 2.25. The summed E-state index contributed by atoms with van der Waals surface area (Å²) in [5.41, 5.74) is 1.87. The summed E-state index contributed by atoms with van der Waals surface area (Å²) < 4.78 is 5.14. The molecule has 0 unspecified atom stereocenters. The fourth-order valence-corrected chi connectivity index (χ4v) is 2.48. The van der Waals surface area contributed by atoms with Gasteiger partial charge >= 0.3 is 0 Å². The fraction of sp³-hybridized carbons (Fsp3) is 0.571. The first-order chi connectivity index (χ1) is 9.60. The highest BCUT2D eigenvalue weighted by atomic mass is 16.6. The standard InChI is InChI=1S/C14H21N3O3/c1-16-7-5-12(6-8-16)15-14-4-3-13(17(18)19)9-11(14)10-20-2/h3-4,9,12,15H,5-8,10H2,1-2H3. The fourth-order valence-electron chi connectivity index (χ4n) is 2.48. The molecular formula is C14H21N3O3. The number of likely N-dealkylation sites (tertiary alicyclic amines) is 1. The van der Waals surface area contributed by atoms with Gasteiger partial charge in [-0.3, -0.25) is 10.1 Å². The van der Waals surface area contributed by atoms with Crippen LogP contribution >= 0.6 is 0 Å². The number of nitrogens with one attached hydrogen (secondary N) is 1. The number of anilines is 1. The minimum absolute atomic E-state index is 0.103. The summed E-state index contributed by atoms with van der Waals surface area (Å²) in [7, 11) is 3.72. The van der Waals surface area contributed by atoms with Crippen LogP contribution in [0.15, 0.2) is 18.2 Å². The second-order valence-corrected chi connectivity index (χ2v) is 5.25. The number of rotatable bonds is 5. The molecule has 1 heterocycles. The maximum absolute atomic E-state index is 10.8. The van der Waals surface area contributed by atoms with Gasteiger partial charge in [0, 0.05) is 36.5 Å². The molecular weight excluding hydrogens is 258 g/mol. The third kappa shape index (κ3) is 3.68. The number of piperidine rings is 1. The van der Waals surface area contributed by atoms with Crippen molar-refractivity contribution in [3.63, 3.8) is 0 Å². The molecule has 1 aromatic rings. The van der Waals surface area contributed by atoms with Gasteiger partial charge in [0.25, 0.3) is 5.69 Å². The van der Waals surface area contributed by atoms with Gasteiger partial charge in [-0.2, -0.15) is 0 Å². The first-order valence-electron chi connectivity index (χ1n) is 6.81. The Labute approximate surface area is 118 Å². The minimum atomic E-state index is -0.376. The number of hydrogen-bond acceptors (Lipinski definition) is 5. The predicted molar refractivity (Wildman–Crippen MR) is 78.0 cm³/mol. The van der Waals surface area contributed by atoms with Crippen molar-refractivity contribution < 1.29 is 9.66 Å². The van der Waals surface area contributed by atoms with E-state index in [1.54, 1.807) is 19.2 Å². The molecule has 20 heavy (non-hydrogen) atoms. The van der Waals surface area contributed by atoms with E-state index in [1.165, 1.54) is 6.07 Å². The summed E-state index contributed by atoms with van der Waals surface area (Å²) in [6.45, 7) is 2.52. The lowest BCUT2D eigenvalue weighted by Crippen LogP contribution is -2.36. The molecule has 1 saturated heterocycles. The number of hydrogen-bond donors (Lipinski definition) is 1. The van der Waals surface area contributed by atoms with Gasteiger partial charge in [0.05, 0.1) is 11.5 Å². The minimum Gasteiger partial charge on any atom is -0.382 e. The van der Waals surface area contributed by atoms with Crippen molar-refractivity contribution in [2.45, 2.75) is 25.5 Å². The van der Waals surface area contributed by atoms with Gasteiger partial charge in [0.2, 0.25) is 0 Å². The van der Waals surface area contributed by atoms with Crippen molar-refractivity contribution in [2.75, 3.05) is 32.6 Å². The van der Waals surface area contributed by atoms with Crippen LogP contribution in [-0.2, 0) is 11.3 Å². The molecule has 0 aromatic heterocycles. The molecule has 2 rings (SSSR count). The quantitative estimate of drug-likeness (QED) is 0.661. The van der Waals surface area contributed by atoms with Crippen molar-refractivity contribution in [2.24, 2.45) is 0 Å². The largest absolute Gasteiger partial charge is 0.382 e. The van der Waals surface area contributed by atoms with Crippen LogP contribution in [0.5, 0.6) is 0 Å².